The molecule has 2 N–H and O–H groups in total. The van der Waals surface area contributed by atoms with Crippen LogP contribution in [0.4, 0.5) is 0 Å². The van der Waals surface area contributed by atoms with Gasteiger partial charge in [0.05, 0.1) is 6.07 Å². The van der Waals surface area contributed by atoms with E-state index in [-0.39, 0.29) is 11.8 Å². The van der Waals surface area contributed by atoms with Crippen molar-refractivity contribution in [1.82, 2.24) is 10.2 Å². The fourth-order valence-corrected chi connectivity index (χ4v) is 3.60. The molecule has 2 heterocycles. The summed E-state index contributed by atoms with van der Waals surface area (Å²) in [6.07, 6.45) is 0. The van der Waals surface area contributed by atoms with E-state index >= 15 is 0 Å². The molecule has 6 heteroatoms. The minimum atomic E-state index is -0.712. The van der Waals surface area contributed by atoms with Crippen LogP contribution in [-0.2, 0) is 6.61 Å². The summed E-state index contributed by atoms with van der Waals surface area (Å²) in [5.74, 6) is -0.0441. The van der Waals surface area contributed by atoms with Gasteiger partial charge in [-0.15, -0.1) is 5.10 Å². The van der Waals surface area contributed by atoms with Gasteiger partial charge in [0.15, 0.2) is 0 Å². The Kier molecular flexibility index (Phi) is 4.58. The van der Waals surface area contributed by atoms with Gasteiger partial charge in [-0.2, -0.15) is 5.26 Å². The fourth-order valence-electron chi connectivity index (χ4n) is 3.60. The SMILES string of the molecule is Cc1cccc(COc2cccc(C3c4c(n[nH]c4C)OC(=N)C3C#N)c2)c1. The first-order valence-corrected chi connectivity index (χ1v) is 9.06. The fraction of sp³-hybridized carbons (Fsp3) is 0.227. The van der Waals surface area contributed by atoms with Crippen LogP contribution in [0.25, 0.3) is 0 Å². The molecular weight excluding hydrogens is 352 g/mol. The van der Waals surface area contributed by atoms with Gasteiger partial charge in [-0.25, -0.2) is 0 Å². The molecule has 140 valence electrons. The second-order valence-electron chi connectivity index (χ2n) is 6.97. The van der Waals surface area contributed by atoms with Crippen LogP contribution < -0.4 is 9.47 Å². The minimum absolute atomic E-state index is 0.0856. The molecular formula is C22H20N4O2. The van der Waals surface area contributed by atoms with Crippen molar-refractivity contribution in [2.75, 3.05) is 0 Å². The third kappa shape index (κ3) is 3.23. The van der Waals surface area contributed by atoms with Gasteiger partial charge in [0.1, 0.15) is 18.3 Å². The highest BCUT2D eigenvalue weighted by Crippen LogP contribution is 2.43. The lowest BCUT2D eigenvalue weighted by atomic mass is 9.79. The summed E-state index contributed by atoms with van der Waals surface area (Å²) < 4.78 is 11.4. The molecule has 2 aromatic carbocycles. The van der Waals surface area contributed by atoms with E-state index in [2.05, 4.69) is 35.3 Å². The van der Waals surface area contributed by atoms with Crippen molar-refractivity contribution in [1.29, 1.82) is 10.7 Å². The van der Waals surface area contributed by atoms with Gasteiger partial charge in [0, 0.05) is 17.2 Å². The Labute approximate surface area is 163 Å². The van der Waals surface area contributed by atoms with Crippen molar-refractivity contribution in [3.8, 4) is 17.7 Å². The van der Waals surface area contributed by atoms with Gasteiger partial charge in [-0.3, -0.25) is 10.5 Å². The molecule has 3 aromatic rings. The minimum Gasteiger partial charge on any atom is -0.489 e. The highest BCUT2D eigenvalue weighted by Gasteiger charge is 2.39. The van der Waals surface area contributed by atoms with Gasteiger partial charge in [-0.05, 0) is 37.1 Å². The van der Waals surface area contributed by atoms with Crippen LogP contribution in [0, 0.1) is 36.5 Å². The van der Waals surface area contributed by atoms with Crippen LogP contribution >= 0.6 is 0 Å². The van der Waals surface area contributed by atoms with Crippen molar-refractivity contribution in [3.05, 3.63) is 76.5 Å². The summed E-state index contributed by atoms with van der Waals surface area (Å²) in [5.41, 5.74) is 4.83. The zero-order valence-electron chi connectivity index (χ0n) is 15.7. The molecule has 0 radical (unpaired) electrons. The molecule has 0 bridgehead atoms. The molecule has 28 heavy (non-hydrogen) atoms. The van der Waals surface area contributed by atoms with Crippen molar-refractivity contribution in [2.24, 2.45) is 5.92 Å². The zero-order valence-corrected chi connectivity index (χ0v) is 15.7. The highest BCUT2D eigenvalue weighted by atomic mass is 16.5. The van der Waals surface area contributed by atoms with Gasteiger partial charge in [-0.1, -0.05) is 42.0 Å². The normalized spacial score (nSPS) is 18.1. The van der Waals surface area contributed by atoms with Crippen LogP contribution in [0.15, 0.2) is 48.5 Å². The predicted molar refractivity (Wildman–Crippen MR) is 105 cm³/mol. The zero-order chi connectivity index (χ0) is 19.7. The van der Waals surface area contributed by atoms with E-state index in [1.807, 2.05) is 43.3 Å². The third-order valence-electron chi connectivity index (χ3n) is 4.94. The van der Waals surface area contributed by atoms with Crippen LogP contribution in [0.2, 0.25) is 0 Å². The summed E-state index contributed by atoms with van der Waals surface area (Å²) >= 11 is 0. The first-order valence-electron chi connectivity index (χ1n) is 9.06. The number of nitriles is 1. The third-order valence-corrected chi connectivity index (χ3v) is 4.94. The van der Waals surface area contributed by atoms with Gasteiger partial charge in [0.25, 0.3) is 0 Å². The average molecular weight is 372 g/mol. The maximum Gasteiger partial charge on any atom is 0.243 e. The van der Waals surface area contributed by atoms with Crippen LogP contribution in [-0.4, -0.2) is 16.1 Å². The molecule has 0 spiro atoms. The van der Waals surface area contributed by atoms with Gasteiger partial charge in [0.2, 0.25) is 11.8 Å². The number of hydrogen-bond acceptors (Lipinski definition) is 5. The number of aromatic amines is 1. The predicted octanol–water partition coefficient (Wildman–Crippen LogP) is 4.25. The van der Waals surface area contributed by atoms with Crippen LogP contribution in [0.5, 0.6) is 11.6 Å². The molecule has 0 fully saturated rings. The quantitative estimate of drug-likeness (QED) is 0.716. The Bertz CT molecular complexity index is 1080. The number of fused-ring (bicyclic) bond motifs is 1. The van der Waals surface area contributed by atoms with E-state index in [4.69, 9.17) is 14.9 Å². The van der Waals surface area contributed by atoms with Crippen LogP contribution in [0.1, 0.15) is 33.9 Å². The maximum absolute atomic E-state index is 9.66. The molecule has 0 amide bonds. The highest BCUT2D eigenvalue weighted by molar-refractivity contribution is 5.84. The lowest BCUT2D eigenvalue weighted by Crippen LogP contribution is -2.31. The summed E-state index contributed by atoms with van der Waals surface area (Å²) in [4.78, 5) is 0. The Morgan fingerprint density at radius 2 is 2.04 bits per heavy atom. The molecule has 2 atom stereocenters. The van der Waals surface area contributed by atoms with Gasteiger partial charge < -0.3 is 9.47 Å². The maximum atomic E-state index is 9.66. The molecule has 6 nitrogen and oxygen atoms in total. The molecule has 1 aliphatic rings. The number of aryl methyl sites for hydroxylation is 2. The van der Waals surface area contributed by atoms with E-state index in [0.29, 0.717) is 12.5 Å². The van der Waals surface area contributed by atoms with Crippen LogP contribution in [0.3, 0.4) is 0 Å². The Morgan fingerprint density at radius 1 is 1.21 bits per heavy atom. The number of H-pyrrole nitrogens is 1. The molecule has 0 aliphatic carbocycles. The second-order valence-corrected chi connectivity index (χ2v) is 6.97. The number of nitrogens with one attached hydrogen (secondary N) is 2. The molecule has 1 aromatic heterocycles. The van der Waals surface area contributed by atoms with E-state index in [9.17, 15) is 5.26 Å². The van der Waals surface area contributed by atoms with E-state index in [0.717, 1.165) is 28.1 Å². The molecule has 4 rings (SSSR count). The lowest BCUT2D eigenvalue weighted by Gasteiger charge is -2.28. The van der Waals surface area contributed by atoms with Crippen molar-refractivity contribution < 1.29 is 9.47 Å². The topological polar surface area (TPSA) is 94.8 Å². The smallest absolute Gasteiger partial charge is 0.243 e. The second kappa shape index (κ2) is 7.20. The number of hydrogen-bond donors (Lipinski definition) is 2. The van der Waals surface area contributed by atoms with Crippen molar-refractivity contribution in [3.63, 3.8) is 0 Å². The number of ether oxygens (including phenoxy) is 2. The van der Waals surface area contributed by atoms with E-state index in [1.165, 1.54) is 5.56 Å². The Morgan fingerprint density at radius 3 is 2.82 bits per heavy atom. The lowest BCUT2D eigenvalue weighted by molar-refractivity contribution is 0.305. The summed E-state index contributed by atoms with van der Waals surface area (Å²) in [6, 6.07) is 18.1. The average Bonchev–Trinajstić information content (AvgIpc) is 3.06. The Balaban J connectivity index is 1.65. The molecule has 2 unspecified atom stereocenters. The van der Waals surface area contributed by atoms with E-state index in [1.54, 1.807) is 0 Å². The largest absolute Gasteiger partial charge is 0.489 e. The first kappa shape index (κ1) is 17.8. The van der Waals surface area contributed by atoms with Crippen molar-refractivity contribution >= 4 is 5.90 Å². The summed E-state index contributed by atoms with van der Waals surface area (Å²) in [7, 11) is 0. The Hall–Kier alpha value is -3.59. The standard InChI is InChI=1S/C22H20N4O2/c1-13-5-3-6-15(9-13)12-27-17-8-4-7-16(10-17)20-18(11-23)21(24)28-22-19(20)14(2)25-26-22/h3-10,18,20,24H,12H2,1-2H3,(H,25,26). The summed E-state index contributed by atoms with van der Waals surface area (Å²) in [6.45, 7) is 4.41. The molecule has 0 saturated heterocycles. The number of rotatable bonds is 4. The first-order chi connectivity index (χ1) is 13.6. The van der Waals surface area contributed by atoms with Crippen molar-refractivity contribution in [2.45, 2.75) is 26.4 Å². The molecule has 1 aliphatic heterocycles. The molecule has 0 saturated carbocycles. The number of nitrogens with zero attached hydrogens (tertiary/aromatic N) is 2. The van der Waals surface area contributed by atoms with Gasteiger partial charge >= 0.3 is 0 Å². The number of benzene rings is 2. The van der Waals surface area contributed by atoms with E-state index < -0.39 is 5.92 Å². The number of aromatic nitrogens is 2. The summed E-state index contributed by atoms with van der Waals surface area (Å²) in [5, 5.41) is 24.8. The monoisotopic (exact) mass is 372 g/mol.